The Balaban J connectivity index is 0.000000127. The zero-order chi connectivity index (χ0) is 57.5. The van der Waals surface area contributed by atoms with E-state index in [9.17, 15) is 0 Å². The van der Waals surface area contributed by atoms with Crippen molar-refractivity contribution in [1.29, 1.82) is 0 Å². The van der Waals surface area contributed by atoms with Crippen LogP contribution in [-0.4, -0.2) is 48.2 Å². The number of halogens is 3. The molecule has 410 valence electrons. The van der Waals surface area contributed by atoms with Crippen LogP contribution in [0.25, 0.3) is 76.9 Å². The monoisotopic (exact) mass is 1160 g/mol. The minimum absolute atomic E-state index is 0.124. The molecule has 0 amide bonds. The highest BCUT2D eigenvalue weighted by Crippen LogP contribution is 2.43. The van der Waals surface area contributed by atoms with Gasteiger partial charge in [-0.2, -0.15) is 0 Å². The summed E-state index contributed by atoms with van der Waals surface area (Å²) < 4.78 is 24.4. The number of hydrogen-bond donors (Lipinski definition) is 0. The Kier molecular flexibility index (Phi) is 14.5. The molecule has 14 aromatic rings. The summed E-state index contributed by atoms with van der Waals surface area (Å²) in [5.41, 5.74) is 9.69. The molecule has 6 aromatic heterocycles. The van der Waals surface area contributed by atoms with Crippen molar-refractivity contribution in [3.8, 4) is 11.3 Å². The molecule has 15 rings (SSSR count). The van der Waals surface area contributed by atoms with Gasteiger partial charge in [-0.15, -0.1) is 0 Å². The molecule has 12 nitrogen and oxygen atoms in total. The molecule has 0 atom stereocenters. The largest absolute Gasteiger partial charge is 0.494 e. The number of anilines is 6. The Bertz CT molecular complexity index is 4710. The molecule has 16 heteroatoms. The molecule has 84 heavy (non-hydrogen) atoms. The summed E-state index contributed by atoms with van der Waals surface area (Å²) in [4.78, 5) is 30.7. The lowest BCUT2D eigenvalue weighted by atomic mass is 9.79. The van der Waals surface area contributed by atoms with Gasteiger partial charge in [0.2, 0.25) is 10.6 Å². The SMILES string of the molecule is CC1(C)OB(c2cccc(N(c3ccccn3)c3cccc4ccccc34)c2)OC1(C)C.Clc1nc(-c2cccc(N(c3ccccn3)c3cccc4ccccc34)c2)c2oc3ccccc3c2n1.Clc1nc(Cl)c2oc3ccccc3c2n1. The number of benzene rings is 8. The average molecular weight is 1160 g/mol. The summed E-state index contributed by atoms with van der Waals surface area (Å²) in [6.45, 7) is 8.31. The number of aromatic nitrogens is 6. The van der Waals surface area contributed by atoms with Crippen LogP contribution in [0, 0.1) is 0 Å². The van der Waals surface area contributed by atoms with E-state index in [1.165, 1.54) is 10.8 Å². The van der Waals surface area contributed by atoms with Crippen LogP contribution in [0.1, 0.15) is 27.7 Å². The van der Waals surface area contributed by atoms with Crippen molar-refractivity contribution >= 4 is 147 Å². The van der Waals surface area contributed by atoms with Crippen LogP contribution in [-0.2, 0) is 9.31 Å². The highest BCUT2D eigenvalue weighted by atomic mass is 35.5. The van der Waals surface area contributed by atoms with Gasteiger partial charge in [0.05, 0.1) is 22.6 Å². The first-order valence-corrected chi connectivity index (χ1v) is 28.3. The first kappa shape index (κ1) is 54.1. The van der Waals surface area contributed by atoms with Gasteiger partial charge in [-0.05, 0) is 152 Å². The van der Waals surface area contributed by atoms with Gasteiger partial charge in [0.1, 0.15) is 39.5 Å². The predicted molar refractivity (Wildman–Crippen MR) is 341 cm³/mol. The van der Waals surface area contributed by atoms with Crippen LogP contribution in [0.2, 0.25) is 15.7 Å². The fraction of sp³-hybridized carbons (Fsp3) is 0.0882. The molecular formula is C68H50BCl3N8O4. The first-order chi connectivity index (χ1) is 40.9. The van der Waals surface area contributed by atoms with Crippen molar-refractivity contribution in [3.63, 3.8) is 0 Å². The minimum atomic E-state index is -0.418. The maximum absolute atomic E-state index is 6.41. The zero-order valence-electron chi connectivity index (χ0n) is 45.9. The third-order valence-corrected chi connectivity index (χ3v) is 15.7. The van der Waals surface area contributed by atoms with E-state index < -0.39 is 7.12 Å². The third kappa shape index (κ3) is 10.4. The summed E-state index contributed by atoms with van der Waals surface area (Å²) >= 11 is 18.0. The molecule has 0 saturated carbocycles. The molecule has 1 aliphatic rings. The van der Waals surface area contributed by atoms with E-state index in [1.54, 1.807) is 6.20 Å². The number of nitrogens with zero attached hydrogens (tertiary/aromatic N) is 8. The Hall–Kier alpha value is -9.21. The molecule has 7 heterocycles. The summed E-state index contributed by atoms with van der Waals surface area (Å²) in [6.07, 6.45) is 3.63. The van der Waals surface area contributed by atoms with Crippen LogP contribution in [0.4, 0.5) is 34.4 Å². The average Bonchev–Trinajstić information content (AvgIpc) is 3.44. The van der Waals surface area contributed by atoms with E-state index in [0.717, 1.165) is 78.1 Å². The highest BCUT2D eigenvalue weighted by Gasteiger charge is 2.51. The first-order valence-electron chi connectivity index (χ1n) is 27.2. The molecule has 0 unspecified atom stereocenters. The van der Waals surface area contributed by atoms with Gasteiger partial charge >= 0.3 is 7.12 Å². The fourth-order valence-corrected chi connectivity index (χ4v) is 11.0. The minimum Gasteiger partial charge on any atom is -0.452 e. The molecule has 0 aliphatic carbocycles. The van der Waals surface area contributed by atoms with Crippen molar-refractivity contribution in [3.05, 3.63) is 247 Å². The molecule has 0 radical (unpaired) electrons. The normalized spacial score (nSPS) is 13.5. The Labute approximate surface area is 499 Å². The number of rotatable bonds is 8. The summed E-state index contributed by atoms with van der Waals surface area (Å²) in [6, 6.07) is 73.2. The molecule has 8 aromatic carbocycles. The highest BCUT2D eigenvalue weighted by molar-refractivity contribution is 6.62. The Morgan fingerprint density at radius 1 is 0.417 bits per heavy atom. The van der Waals surface area contributed by atoms with Crippen LogP contribution >= 0.6 is 34.8 Å². The van der Waals surface area contributed by atoms with Gasteiger partial charge in [0.15, 0.2) is 16.3 Å². The van der Waals surface area contributed by atoms with E-state index in [0.29, 0.717) is 27.9 Å². The fourth-order valence-electron chi connectivity index (χ4n) is 10.4. The lowest BCUT2D eigenvalue weighted by Gasteiger charge is -2.32. The molecule has 1 saturated heterocycles. The van der Waals surface area contributed by atoms with E-state index in [-0.39, 0.29) is 26.9 Å². The van der Waals surface area contributed by atoms with E-state index >= 15 is 0 Å². The maximum Gasteiger partial charge on any atom is 0.494 e. The number of furan rings is 2. The maximum atomic E-state index is 6.41. The van der Waals surface area contributed by atoms with Crippen molar-refractivity contribution in [1.82, 2.24) is 29.9 Å². The van der Waals surface area contributed by atoms with Crippen molar-refractivity contribution in [2.45, 2.75) is 38.9 Å². The summed E-state index contributed by atoms with van der Waals surface area (Å²) in [5.74, 6) is 1.67. The topological polar surface area (TPSA) is 129 Å². The number of fused-ring (bicyclic) bond motifs is 8. The van der Waals surface area contributed by atoms with Gasteiger partial charge in [-0.25, -0.2) is 29.9 Å². The second-order valence-corrected chi connectivity index (χ2v) is 22.0. The van der Waals surface area contributed by atoms with Gasteiger partial charge in [0, 0.05) is 50.9 Å². The second-order valence-electron chi connectivity index (χ2n) is 21.0. The van der Waals surface area contributed by atoms with Gasteiger partial charge in [0.25, 0.3) is 0 Å². The second kappa shape index (κ2) is 22.5. The van der Waals surface area contributed by atoms with Crippen molar-refractivity contribution in [2.24, 2.45) is 0 Å². The van der Waals surface area contributed by atoms with Gasteiger partial charge in [-0.1, -0.05) is 145 Å². The van der Waals surface area contributed by atoms with Crippen LogP contribution in [0.15, 0.2) is 240 Å². The molecule has 1 fully saturated rings. The van der Waals surface area contributed by atoms with Crippen molar-refractivity contribution in [2.75, 3.05) is 9.80 Å². The van der Waals surface area contributed by atoms with Crippen LogP contribution in [0.5, 0.6) is 0 Å². The molecule has 1 aliphatic heterocycles. The number of hydrogen-bond acceptors (Lipinski definition) is 12. The van der Waals surface area contributed by atoms with E-state index in [4.69, 9.17) is 57.9 Å². The summed E-state index contributed by atoms with van der Waals surface area (Å²) in [7, 11) is -0.418. The standard InChI is InChI=1S/C31H19ClN4O.C27H27BN2O2.C10H4Cl2N2O/c32-31-34-28(30-29(35-31)24-14-3-4-16-26(24)37-30)21-11-7-12-22(19-21)36(27-17-5-6-18-33-27)25-15-8-10-20-9-1-2-13-23(20)25;1-26(2)27(3,4)32-28(31-26)21-13-10-14-22(19-21)30(25-17-7-8-18-29-25)24-16-9-12-20-11-5-6-15-23(20)24;11-9-8-7(13-10(12)14-9)5-3-1-2-4-6(5)15-8/h1-19H;5-19H,1-4H3;1-4H. The lowest BCUT2D eigenvalue weighted by molar-refractivity contribution is 0.00578. The van der Waals surface area contributed by atoms with Gasteiger partial charge < -0.3 is 18.1 Å². The van der Waals surface area contributed by atoms with Crippen molar-refractivity contribution < 1.29 is 18.1 Å². The Morgan fingerprint density at radius 3 is 1.43 bits per heavy atom. The molecular weight excluding hydrogens is 1110 g/mol. The molecule has 0 spiro atoms. The van der Waals surface area contributed by atoms with Crippen LogP contribution in [0.3, 0.4) is 0 Å². The van der Waals surface area contributed by atoms with E-state index in [1.807, 2.05) is 103 Å². The smallest absolute Gasteiger partial charge is 0.452 e. The van der Waals surface area contributed by atoms with Crippen LogP contribution < -0.4 is 15.3 Å². The lowest BCUT2D eigenvalue weighted by Crippen LogP contribution is -2.41. The number of pyridine rings is 2. The molecule has 0 N–H and O–H groups in total. The van der Waals surface area contributed by atoms with E-state index in [2.05, 4.69) is 184 Å². The Morgan fingerprint density at radius 2 is 0.869 bits per heavy atom. The molecule has 0 bridgehead atoms. The number of para-hydroxylation sites is 2. The van der Waals surface area contributed by atoms with Gasteiger partial charge in [-0.3, -0.25) is 9.80 Å². The quantitative estimate of drug-likeness (QED) is 0.0816. The summed E-state index contributed by atoms with van der Waals surface area (Å²) in [5, 5.41) is 6.98. The third-order valence-electron chi connectivity index (χ3n) is 15.1. The predicted octanol–water partition coefficient (Wildman–Crippen LogP) is 18.4. The zero-order valence-corrected chi connectivity index (χ0v) is 48.1.